The predicted octanol–water partition coefficient (Wildman–Crippen LogP) is 1.98. The number of anilines is 1. The van der Waals surface area contributed by atoms with Crippen molar-refractivity contribution in [3.63, 3.8) is 0 Å². The molecule has 2 saturated heterocycles. The predicted molar refractivity (Wildman–Crippen MR) is 108 cm³/mol. The quantitative estimate of drug-likeness (QED) is 0.714. The monoisotopic (exact) mass is 403 g/mol. The number of morpholine rings is 1. The first kappa shape index (κ1) is 19.8. The average molecular weight is 403 g/mol. The summed E-state index contributed by atoms with van der Waals surface area (Å²) in [5.41, 5.74) is 1.05. The summed E-state index contributed by atoms with van der Waals surface area (Å²) >= 11 is 0. The van der Waals surface area contributed by atoms with E-state index in [9.17, 15) is 9.59 Å². The van der Waals surface area contributed by atoms with Gasteiger partial charge in [0.05, 0.1) is 24.8 Å². The van der Waals surface area contributed by atoms with Crippen molar-refractivity contribution in [1.29, 1.82) is 0 Å². The lowest BCUT2D eigenvalue weighted by atomic mass is 10.1. The molecule has 1 atom stereocenters. The maximum atomic E-state index is 13.3. The van der Waals surface area contributed by atoms with Crippen LogP contribution >= 0.6 is 0 Å². The van der Waals surface area contributed by atoms with Gasteiger partial charge in [0, 0.05) is 38.4 Å². The number of hydrogen-bond acceptors (Lipinski definition) is 6. The summed E-state index contributed by atoms with van der Waals surface area (Å²) < 4.78 is 16.9. The number of carbonyl (C=O) groups excluding carboxylic acids is 2. The number of nitrogens with zero attached hydrogens (tertiary/aromatic N) is 3. The molecule has 3 aliphatic rings. The summed E-state index contributed by atoms with van der Waals surface area (Å²) in [6, 6.07) is 5.60. The zero-order valence-electron chi connectivity index (χ0n) is 17.3. The Kier molecular flexibility index (Phi) is 5.29. The van der Waals surface area contributed by atoms with Crippen LogP contribution in [-0.4, -0.2) is 86.0 Å². The van der Waals surface area contributed by atoms with E-state index in [1.807, 2.05) is 43.9 Å². The van der Waals surface area contributed by atoms with Crippen LogP contribution in [0.1, 0.15) is 31.1 Å². The van der Waals surface area contributed by atoms with Gasteiger partial charge in [-0.05, 0) is 39.0 Å². The molecule has 4 rings (SSSR count). The fourth-order valence-electron chi connectivity index (χ4n) is 3.93. The van der Waals surface area contributed by atoms with E-state index in [2.05, 4.69) is 4.90 Å². The SMILES string of the molecule is CC(C)(C)OC(=O)N1CCN2C(=O)c3cc(N4CCOCC4)ccc3OCC2C1. The van der Waals surface area contributed by atoms with Crippen molar-refractivity contribution >= 4 is 17.7 Å². The molecule has 1 aromatic carbocycles. The number of piperazine rings is 1. The van der Waals surface area contributed by atoms with E-state index in [0.29, 0.717) is 50.8 Å². The zero-order chi connectivity index (χ0) is 20.6. The Morgan fingerprint density at radius 1 is 1.14 bits per heavy atom. The third-order valence-electron chi connectivity index (χ3n) is 5.40. The summed E-state index contributed by atoms with van der Waals surface area (Å²) in [4.78, 5) is 31.4. The average Bonchev–Trinajstić information content (AvgIpc) is 2.84. The topological polar surface area (TPSA) is 71.6 Å². The third kappa shape index (κ3) is 4.27. The minimum Gasteiger partial charge on any atom is -0.491 e. The van der Waals surface area contributed by atoms with Crippen LogP contribution in [0.25, 0.3) is 0 Å². The van der Waals surface area contributed by atoms with Crippen LogP contribution in [-0.2, 0) is 9.47 Å². The molecule has 0 spiro atoms. The largest absolute Gasteiger partial charge is 0.491 e. The smallest absolute Gasteiger partial charge is 0.410 e. The Balaban J connectivity index is 1.50. The van der Waals surface area contributed by atoms with Gasteiger partial charge in [-0.15, -0.1) is 0 Å². The summed E-state index contributed by atoms with van der Waals surface area (Å²) in [5, 5.41) is 0. The van der Waals surface area contributed by atoms with Crippen molar-refractivity contribution in [1.82, 2.24) is 9.80 Å². The van der Waals surface area contributed by atoms with Gasteiger partial charge < -0.3 is 28.9 Å². The molecule has 8 nitrogen and oxygen atoms in total. The molecule has 8 heteroatoms. The van der Waals surface area contributed by atoms with E-state index in [1.54, 1.807) is 4.90 Å². The van der Waals surface area contributed by atoms with Crippen LogP contribution in [0.5, 0.6) is 5.75 Å². The molecule has 1 aromatic rings. The zero-order valence-corrected chi connectivity index (χ0v) is 17.3. The number of amides is 2. The van der Waals surface area contributed by atoms with Gasteiger partial charge in [0.2, 0.25) is 0 Å². The molecule has 0 bridgehead atoms. The van der Waals surface area contributed by atoms with Gasteiger partial charge in [-0.2, -0.15) is 0 Å². The second-order valence-electron chi connectivity index (χ2n) is 8.67. The first-order valence-electron chi connectivity index (χ1n) is 10.2. The van der Waals surface area contributed by atoms with Crippen LogP contribution < -0.4 is 9.64 Å². The standard InChI is InChI=1S/C21H29N3O5/c1-21(2,3)29-20(26)23-6-7-24-16(13-23)14-28-18-5-4-15(12-17(18)19(24)25)22-8-10-27-11-9-22/h4-5,12,16H,6-11,13-14H2,1-3H3. The van der Waals surface area contributed by atoms with Crippen LogP contribution in [0.2, 0.25) is 0 Å². The van der Waals surface area contributed by atoms with Gasteiger partial charge in [-0.3, -0.25) is 4.79 Å². The van der Waals surface area contributed by atoms with E-state index in [4.69, 9.17) is 14.2 Å². The van der Waals surface area contributed by atoms with Crippen LogP contribution in [0, 0.1) is 0 Å². The van der Waals surface area contributed by atoms with Crippen molar-refractivity contribution in [3.05, 3.63) is 23.8 Å². The van der Waals surface area contributed by atoms with E-state index >= 15 is 0 Å². The Bertz CT molecular complexity index is 785. The molecule has 158 valence electrons. The fourth-order valence-corrected chi connectivity index (χ4v) is 3.93. The molecular weight excluding hydrogens is 374 g/mol. The van der Waals surface area contributed by atoms with Crippen LogP contribution in [0.4, 0.5) is 10.5 Å². The third-order valence-corrected chi connectivity index (χ3v) is 5.40. The molecule has 0 saturated carbocycles. The van der Waals surface area contributed by atoms with Gasteiger partial charge in [0.25, 0.3) is 5.91 Å². The van der Waals surface area contributed by atoms with Gasteiger partial charge in [-0.1, -0.05) is 0 Å². The summed E-state index contributed by atoms with van der Waals surface area (Å²) in [6.07, 6.45) is -0.346. The van der Waals surface area contributed by atoms with E-state index in [1.165, 1.54) is 0 Å². The molecule has 2 amide bonds. The first-order valence-corrected chi connectivity index (χ1v) is 10.2. The maximum absolute atomic E-state index is 13.3. The number of hydrogen-bond donors (Lipinski definition) is 0. The minimum atomic E-state index is -0.546. The second kappa shape index (κ2) is 7.74. The molecule has 0 aromatic heterocycles. The first-order chi connectivity index (χ1) is 13.8. The maximum Gasteiger partial charge on any atom is 0.410 e. The summed E-state index contributed by atoms with van der Waals surface area (Å²) in [5.74, 6) is 0.562. The number of rotatable bonds is 1. The van der Waals surface area contributed by atoms with Gasteiger partial charge >= 0.3 is 6.09 Å². The van der Waals surface area contributed by atoms with E-state index < -0.39 is 5.60 Å². The lowest BCUT2D eigenvalue weighted by Crippen LogP contribution is -2.58. The molecular formula is C21H29N3O5. The normalized spacial score (nSPS) is 22.4. The van der Waals surface area contributed by atoms with Crippen LogP contribution in [0.15, 0.2) is 18.2 Å². The molecule has 3 heterocycles. The highest BCUT2D eigenvalue weighted by atomic mass is 16.6. The number of ether oxygens (including phenoxy) is 3. The van der Waals surface area contributed by atoms with Crippen molar-refractivity contribution in [2.75, 3.05) is 57.4 Å². The molecule has 0 N–H and O–H groups in total. The molecule has 3 aliphatic heterocycles. The lowest BCUT2D eigenvalue weighted by Gasteiger charge is -2.40. The van der Waals surface area contributed by atoms with Gasteiger partial charge in [-0.25, -0.2) is 4.79 Å². The number of benzene rings is 1. The summed E-state index contributed by atoms with van der Waals surface area (Å²) in [6.45, 7) is 10.2. The Labute approximate surface area is 171 Å². The highest BCUT2D eigenvalue weighted by molar-refractivity contribution is 5.98. The molecule has 2 fully saturated rings. The van der Waals surface area contributed by atoms with Crippen molar-refractivity contribution in [3.8, 4) is 5.75 Å². The van der Waals surface area contributed by atoms with Crippen molar-refractivity contribution < 1.29 is 23.8 Å². The minimum absolute atomic E-state index is 0.0403. The second-order valence-corrected chi connectivity index (χ2v) is 8.67. The van der Waals surface area contributed by atoms with E-state index in [-0.39, 0.29) is 18.0 Å². The highest BCUT2D eigenvalue weighted by Gasteiger charge is 2.38. The Morgan fingerprint density at radius 2 is 1.90 bits per heavy atom. The van der Waals surface area contributed by atoms with Crippen molar-refractivity contribution in [2.45, 2.75) is 32.4 Å². The molecule has 0 aliphatic carbocycles. The molecule has 0 radical (unpaired) electrons. The molecule has 29 heavy (non-hydrogen) atoms. The number of carbonyl (C=O) groups is 2. The van der Waals surface area contributed by atoms with Crippen molar-refractivity contribution in [2.24, 2.45) is 0 Å². The summed E-state index contributed by atoms with van der Waals surface area (Å²) in [7, 11) is 0. The van der Waals surface area contributed by atoms with E-state index in [0.717, 1.165) is 18.8 Å². The fraction of sp³-hybridized carbons (Fsp3) is 0.619. The highest BCUT2D eigenvalue weighted by Crippen LogP contribution is 2.31. The molecule has 1 unspecified atom stereocenters. The van der Waals surface area contributed by atoms with Gasteiger partial charge in [0.1, 0.15) is 18.0 Å². The Morgan fingerprint density at radius 3 is 2.62 bits per heavy atom. The number of fused-ring (bicyclic) bond motifs is 2. The lowest BCUT2D eigenvalue weighted by molar-refractivity contribution is 0.000951. The van der Waals surface area contributed by atoms with Crippen LogP contribution in [0.3, 0.4) is 0 Å². The Hall–Kier alpha value is -2.48. The van der Waals surface area contributed by atoms with Gasteiger partial charge in [0.15, 0.2) is 0 Å².